The van der Waals surface area contributed by atoms with E-state index in [0.29, 0.717) is 11.8 Å². The number of aromatic amines is 1. The quantitative estimate of drug-likeness (QED) is 0.158. The Kier molecular flexibility index (Phi) is 7.17. The fraction of sp³-hybridized carbons (Fsp3) is 0.0833. The van der Waals surface area contributed by atoms with Gasteiger partial charge in [-0.3, -0.25) is 9.52 Å². The predicted molar refractivity (Wildman–Crippen MR) is 135 cm³/mol. The molecule has 196 valence electrons. The summed E-state index contributed by atoms with van der Waals surface area (Å²) in [7, 11) is -3.00. The number of ketones is 1. The van der Waals surface area contributed by atoms with Gasteiger partial charge in [0, 0.05) is 19.4 Å². The van der Waals surface area contributed by atoms with E-state index in [-0.39, 0.29) is 28.1 Å². The van der Waals surface area contributed by atoms with E-state index in [4.69, 9.17) is 5.41 Å². The number of H-pyrrole nitrogens is 1. The number of halogens is 3. The standard InChI is InChI=1S/C24H20F3N7O3S/c1-12(28)17(10-29-2)33-24-19-13(9-30-23(19)31-11-32-24)22(35)20-15(26)7-8-16(21(20)27)34-38(36,37)18-6-4-3-5-14(18)25/h3-11,28-29,34H,1-2H3,(H2,30,31,32,33)/b17-10+,28-12?. The Morgan fingerprint density at radius 2 is 1.82 bits per heavy atom. The third-order valence-electron chi connectivity index (χ3n) is 5.35. The van der Waals surface area contributed by atoms with Crippen LogP contribution in [0, 0.1) is 22.9 Å². The van der Waals surface area contributed by atoms with Gasteiger partial charge in [0.1, 0.15) is 34.3 Å². The number of aromatic nitrogens is 3. The number of rotatable bonds is 9. The normalized spacial score (nSPS) is 11.9. The van der Waals surface area contributed by atoms with E-state index in [9.17, 15) is 22.0 Å². The van der Waals surface area contributed by atoms with Crippen LogP contribution in [-0.2, 0) is 10.0 Å². The SMILES string of the molecule is CN/C=C(/Nc1ncnc2[nH]cc(C(=O)c3c(F)ccc(NS(=O)(=O)c4ccccc4F)c3F)c12)C(C)=N. The molecule has 0 aliphatic carbocycles. The molecule has 0 radical (unpaired) electrons. The number of benzene rings is 2. The fourth-order valence-electron chi connectivity index (χ4n) is 3.58. The maximum absolute atomic E-state index is 15.5. The van der Waals surface area contributed by atoms with Crippen molar-refractivity contribution in [3.8, 4) is 0 Å². The predicted octanol–water partition coefficient (Wildman–Crippen LogP) is 3.92. The first-order valence-electron chi connectivity index (χ1n) is 10.9. The topological polar surface area (TPSA) is 153 Å². The first-order chi connectivity index (χ1) is 18.0. The summed E-state index contributed by atoms with van der Waals surface area (Å²) in [6, 6.07) is 5.93. The molecule has 0 bridgehead atoms. The van der Waals surface area contributed by atoms with Crippen molar-refractivity contribution in [2.24, 2.45) is 0 Å². The van der Waals surface area contributed by atoms with Crippen molar-refractivity contribution in [3.63, 3.8) is 0 Å². The van der Waals surface area contributed by atoms with E-state index >= 15 is 4.39 Å². The summed E-state index contributed by atoms with van der Waals surface area (Å²) in [4.78, 5) is 23.5. The lowest BCUT2D eigenvalue weighted by Crippen LogP contribution is -2.17. The van der Waals surface area contributed by atoms with E-state index in [2.05, 4.69) is 25.6 Å². The molecule has 2 aromatic carbocycles. The lowest BCUT2D eigenvalue weighted by molar-refractivity contribution is 0.103. The van der Waals surface area contributed by atoms with Gasteiger partial charge in [0.05, 0.1) is 33.6 Å². The van der Waals surface area contributed by atoms with Crippen LogP contribution in [-0.4, -0.2) is 41.9 Å². The molecule has 2 aromatic heterocycles. The summed E-state index contributed by atoms with van der Waals surface area (Å²) in [5.74, 6) is -4.90. The van der Waals surface area contributed by atoms with Gasteiger partial charge in [-0.05, 0) is 31.2 Å². The highest BCUT2D eigenvalue weighted by molar-refractivity contribution is 7.92. The molecule has 5 N–H and O–H groups in total. The van der Waals surface area contributed by atoms with Gasteiger partial charge < -0.3 is 21.0 Å². The van der Waals surface area contributed by atoms with Crippen LogP contribution >= 0.6 is 0 Å². The van der Waals surface area contributed by atoms with Crippen molar-refractivity contribution in [1.82, 2.24) is 20.3 Å². The summed E-state index contributed by atoms with van der Waals surface area (Å²) in [5.41, 5.74) is -1.44. The molecule has 0 saturated carbocycles. The van der Waals surface area contributed by atoms with Crippen molar-refractivity contribution in [3.05, 3.63) is 89.4 Å². The molecule has 4 aromatic rings. The van der Waals surface area contributed by atoms with Gasteiger partial charge in [-0.2, -0.15) is 0 Å². The number of nitrogens with one attached hydrogen (secondary N) is 5. The van der Waals surface area contributed by atoms with Crippen molar-refractivity contribution < 1.29 is 26.4 Å². The van der Waals surface area contributed by atoms with E-state index in [1.807, 2.05) is 4.72 Å². The summed E-state index contributed by atoms with van der Waals surface area (Å²) in [5, 5.41) is 13.6. The third kappa shape index (κ3) is 4.93. The van der Waals surface area contributed by atoms with Gasteiger partial charge in [-0.25, -0.2) is 31.6 Å². The molecule has 2 heterocycles. The molecule has 0 saturated heterocycles. The zero-order valence-electron chi connectivity index (χ0n) is 19.9. The van der Waals surface area contributed by atoms with Gasteiger partial charge in [-0.15, -0.1) is 0 Å². The molecule has 14 heteroatoms. The van der Waals surface area contributed by atoms with Crippen molar-refractivity contribution in [1.29, 1.82) is 5.41 Å². The van der Waals surface area contributed by atoms with E-state index < -0.39 is 49.4 Å². The molecule has 0 atom stereocenters. The highest BCUT2D eigenvalue weighted by Gasteiger charge is 2.28. The summed E-state index contributed by atoms with van der Waals surface area (Å²) < 4.78 is 71.5. The molecule has 0 unspecified atom stereocenters. The maximum Gasteiger partial charge on any atom is 0.264 e. The highest BCUT2D eigenvalue weighted by atomic mass is 32.2. The van der Waals surface area contributed by atoms with Gasteiger partial charge in [0.25, 0.3) is 10.0 Å². The number of carbonyl (C=O) groups excluding carboxylic acids is 1. The van der Waals surface area contributed by atoms with Gasteiger partial charge in [0.2, 0.25) is 5.78 Å². The Bertz CT molecular complexity index is 1720. The third-order valence-corrected chi connectivity index (χ3v) is 6.75. The summed E-state index contributed by atoms with van der Waals surface area (Å²) in [6.45, 7) is 1.51. The number of sulfonamides is 1. The van der Waals surface area contributed by atoms with Crippen LogP contribution in [0.2, 0.25) is 0 Å². The average Bonchev–Trinajstić information content (AvgIpc) is 3.31. The Balaban J connectivity index is 1.79. The molecule has 0 aliphatic heterocycles. The second kappa shape index (κ2) is 10.3. The van der Waals surface area contributed by atoms with Crippen LogP contribution in [0.15, 0.2) is 65.7 Å². The minimum Gasteiger partial charge on any atom is -0.392 e. The molecule has 0 fully saturated rings. The lowest BCUT2D eigenvalue weighted by atomic mass is 10.0. The molecular weight excluding hydrogens is 523 g/mol. The van der Waals surface area contributed by atoms with Gasteiger partial charge in [0.15, 0.2) is 5.82 Å². The number of carbonyl (C=O) groups is 1. The van der Waals surface area contributed by atoms with Gasteiger partial charge >= 0.3 is 0 Å². The Hall–Kier alpha value is -4.72. The zero-order chi connectivity index (χ0) is 27.6. The Morgan fingerprint density at radius 3 is 2.50 bits per heavy atom. The van der Waals surface area contributed by atoms with E-state index in [1.54, 1.807) is 7.05 Å². The smallest absolute Gasteiger partial charge is 0.264 e. The maximum atomic E-state index is 15.5. The largest absolute Gasteiger partial charge is 0.392 e. The summed E-state index contributed by atoms with van der Waals surface area (Å²) in [6.07, 6.45) is 3.85. The lowest BCUT2D eigenvalue weighted by Gasteiger charge is -2.13. The van der Waals surface area contributed by atoms with Crippen LogP contribution in [0.1, 0.15) is 22.8 Å². The molecule has 0 aliphatic rings. The second-order valence-electron chi connectivity index (χ2n) is 7.89. The van der Waals surface area contributed by atoms with Crippen LogP contribution in [0.4, 0.5) is 24.7 Å². The second-order valence-corrected chi connectivity index (χ2v) is 9.54. The number of fused-ring (bicyclic) bond motifs is 1. The van der Waals surface area contributed by atoms with Crippen molar-refractivity contribution in [2.45, 2.75) is 11.8 Å². The number of anilines is 2. The number of allylic oxidation sites excluding steroid dienone is 1. The first-order valence-corrected chi connectivity index (χ1v) is 12.4. The van der Waals surface area contributed by atoms with E-state index in [0.717, 1.165) is 18.2 Å². The van der Waals surface area contributed by atoms with E-state index in [1.165, 1.54) is 37.8 Å². The van der Waals surface area contributed by atoms with Crippen molar-refractivity contribution in [2.75, 3.05) is 17.1 Å². The average molecular weight is 544 g/mol. The summed E-state index contributed by atoms with van der Waals surface area (Å²) >= 11 is 0. The molecule has 0 amide bonds. The van der Waals surface area contributed by atoms with Crippen LogP contribution in [0.5, 0.6) is 0 Å². The fourth-order valence-corrected chi connectivity index (χ4v) is 4.72. The first kappa shape index (κ1) is 26.3. The number of nitrogens with zero attached hydrogens (tertiary/aromatic N) is 2. The highest BCUT2D eigenvalue weighted by Crippen LogP contribution is 2.31. The molecular formula is C24H20F3N7O3S. The monoisotopic (exact) mass is 543 g/mol. The number of hydrogen-bond donors (Lipinski definition) is 5. The van der Waals surface area contributed by atoms with Gasteiger partial charge in [-0.1, -0.05) is 12.1 Å². The number of hydrogen-bond acceptors (Lipinski definition) is 8. The minimum atomic E-state index is -4.61. The molecule has 10 nitrogen and oxygen atoms in total. The molecule has 0 spiro atoms. The molecule has 38 heavy (non-hydrogen) atoms. The molecule has 4 rings (SSSR count). The van der Waals surface area contributed by atoms with Crippen LogP contribution in [0.3, 0.4) is 0 Å². The Labute approximate surface area is 214 Å². The zero-order valence-corrected chi connectivity index (χ0v) is 20.7. The van der Waals surface area contributed by atoms with Crippen LogP contribution in [0.25, 0.3) is 11.0 Å². The minimum absolute atomic E-state index is 0.0740. The van der Waals surface area contributed by atoms with Crippen molar-refractivity contribution >= 4 is 44.1 Å². The van der Waals surface area contributed by atoms with Crippen LogP contribution < -0.4 is 15.4 Å². The Morgan fingerprint density at radius 1 is 1.08 bits per heavy atom.